The number of alkyl halides is 3. The summed E-state index contributed by atoms with van der Waals surface area (Å²) in [4.78, 5) is 37.4. The molecule has 0 atom stereocenters. The number of carbonyl (C=O) groups excluding carboxylic acids is 3. The molecule has 140 valence electrons. The average Bonchev–Trinajstić information content (AvgIpc) is 2.85. The first-order valence-electron chi connectivity index (χ1n) is 7.80. The Hall–Kier alpha value is -2.87. The van der Waals surface area contributed by atoms with Crippen molar-refractivity contribution in [3.05, 3.63) is 64.2 Å². The van der Waals surface area contributed by atoms with Gasteiger partial charge in [0.25, 0.3) is 11.8 Å². The fourth-order valence-electron chi connectivity index (χ4n) is 2.67. The van der Waals surface area contributed by atoms with Crippen LogP contribution in [-0.2, 0) is 11.0 Å². The van der Waals surface area contributed by atoms with Crippen LogP contribution in [0.1, 0.15) is 32.7 Å². The summed E-state index contributed by atoms with van der Waals surface area (Å²) in [5.41, 5.74) is -0.644. The van der Waals surface area contributed by atoms with Crippen molar-refractivity contribution in [2.45, 2.75) is 12.6 Å². The van der Waals surface area contributed by atoms with Gasteiger partial charge in [0.15, 0.2) is 0 Å². The molecule has 0 aromatic heterocycles. The molecule has 0 aliphatic carbocycles. The van der Waals surface area contributed by atoms with E-state index in [1.807, 2.05) is 0 Å². The van der Waals surface area contributed by atoms with E-state index < -0.39 is 29.5 Å². The third-order valence-corrected chi connectivity index (χ3v) is 4.34. The van der Waals surface area contributed by atoms with Crippen LogP contribution in [0.4, 0.5) is 18.9 Å². The molecular weight excluding hydrogens is 385 g/mol. The molecule has 1 N–H and O–H groups in total. The standard InChI is InChI=1S/C18H12ClF3N2O3/c19-13-6-5-10(18(20,21)22)9-14(13)23-15(25)7-8-24-16(26)11-3-1-2-4-12(11)17(24)27/h1-6,9H,7-8H2,(H,23,25). The maximum Gasteiger partial charge on any atom is 0.416 e. The van der Waals surface area contributed by atoms with Gasteiger partial charge in [0.1, 0.15) is 0 Å². The monoisotopic (exact) mass is 396 g/mol. The number of hydrogen-bond donors (Lipinski definition) is 1. The van der Waals surface area contributed by atoms with Gasteiger partial charge in [-0.25, -0.2) is 0 Å². The van der Waals surface area contributed by atoms with Gasteiger partial charge in [0, 0.05) is 13.0 Å². The van der Waals surface area contributed by atoms with Crippen LogP contribution in [0.25, 0.3) is 0 Å². The van der Waals surface area contributed by atoms with Crippen LogP contribution in [0.3, 0.4) is 0 Å². The average molecular weight is 397 g/mol. The summed E-state index contributed by atoms with van der Waals surface area (Å²) in [6.45, 7) is -0.200. The molecule has 27 heavy (non-hydrogen) atoms. The van der Waals surface area contributed by atoms with E-state index in [4.69, 9.17) is 11.6 Å². The summed E-state index contributed by atoms with van der Waals surface area (Å²) in [5, 5.41) is 2.22. The van der Waals surface area contributed by atoms with Crippen molar-refractivity contribution in [2.24, 2.45) is 0 Å². The molecule has 0 saturated heterocycles. The minimum absolute atomic E-state index is 0.0583. The number of rotatable bonds is 4. The number of imide groups is 1. The Morgan fingerprint density at radius 2 is 1.63 bits per heavy atom. The first-order chi connectivity index (χ1) is 12.7. The second-order valence-corrected chi connectivity index (χ2v) is 6.21. The molecule has 0 saturated carbocycles. The summed E-state index contributed by atoms with van der Waals surface area (Å²) >= 11 is 5.82. The summed E-state index contributed by atoms with van der Waals surface area (Å²) in [5.74, 6) is -1.70. The van der Waals surface area contributed by atoms with Crippen molar-refractivity contribution >= 4 is 35.0 Å². The molecule has 1 heterocycles. The quantitative estimate of drug-likeness (QED) is 0.795. The number of benzene rings is 2. The number of hydrogen-bond acceptors (Lipinski definition) is 3. The highest BCUT2D eigenvalue weighted by molar-refractivity contribution is 6.33. The molecule has 9 heteroatoms. The zero-order valence-corrected chi connectivity index (χ0v) is 14.4. The van der Waals surface area contributed by atoms with Gasteiger partial charge in [-0.3, -0.25) is 19.3 Å². The Morgan fingerprint density at radius 3 is 2.19 bits per heavy atom. The number of nitrogens with one attached hydrogen (secondary N) is 1. The number of fused-ring (bicyclic) bond motifs is 1. The van der Waals surface area contributed by atoms with E-state index in [0.29, 0.717) is 0 Å². The number of nitrogens with zero attached hydrogens (tertiary/aromatic N) is 1. The van der Waals surface area contributed by atoms with Crippen LogP contribution >= 0.6 is 11.6 Å². The van der Waals surface area contributed by atoms with Crippen LogP contribution in [0.5, 0.6) is 0 Å². The summed E-state index contributed by atoms with van der Waals surface area (Å²) in [6, 6.07) is 8.82. The van der Waals surface area contributed by atoms with E-state index in [0.717, 1.165) is 23.1 Å². The van der Waals surface area contributed by atoms with Gasteiger partial charge in [-0.05, 0) is 30.3 Å². The first-order valence-corrected chi connectivity index (χ1v) is 8.18. The van der Waals surface area contributed by atoms with Crippen LogP contribution < -0.4 is 5.32 Å². The van der Waals surface area contributed by atoms with Crippen molar-refractivity contribution < 1.29 is 27.6 Å². The Balaban J connectivity index is 1.66. The first kappa shape index (κ1) is 18.9. The third kappa shape index (κ3) is 3.80. The Morgan fingerprint density at radius 1 is 1.04 bits per heavy atom. The van der Waals surface area contributed by atoms with Gasteiger partial charge >= 0.3 is 6.18 Å². The lowest BCUT2D eigenvalue weighted by Crippen LogP contribution is -2.32. The number of halogens is 4. The molecule has 0 unspecified atom stereocenters. The minimum Gasteiger partial charge on any atom is -0.325 e. The third-order valence-electron chi connectivity index (χ3n) is 4.01. The molecule has 2 aromatic carbocycles. The molecule has 1 aliphatic heterocycles. The van der Waals surface area contributed by atoms with Crippen LogP contribution in [0.15, 0.2) is 42.5 Å². The summed E-state index contributed by atoms with van der Waals surface area (Å²) in [7, 11) is 0. The highest BCUT2D eigenvalue weighted by Gasteiger charge is 2.35. The van der Waals surface area contributed by atoms with Gasteiger partial charge in [-0.2, -0.15) is 13.2 Å². The van der Waals surface area contributed by atoms with Crippen molar-refractivity contribution in [2.75, 3.05) is 11.9 Å². The molecule has 0 bridgehead atoms. The van der Waals surface area contributed by atoms with E-state index in [1.54, 1.807) is 12.1 Å². The zero-order chi connectivity index (χ0) is 19.8. The fourth-order valence-corrected chi connectivity index (χ4v) is 2.83. The molecule has 0 radical (unpaired) electrons. The second kappa shape index (κ2) is 7.03. The molecule has 2 aromatic rings. The molecule has 3 amide bonds. The van der Waals surface area contributed by atoms with Crippen LogP contribution in [0, 0.1) is 0 Å². The Labute approximate surface area is 156 Å². The van der Waals surface area contributed by atoms with E-state index in [1.165, 1.54) is 12.1 Å². The lowest BCUT2D eigenvalue weighted by Gasteiger charge is -2.14. The van der Waals surface area contributed by atoms with E-state index in [-0.39, 0.29) is 34.8 Å². The highest BCUT2D eigenvalue weighted by Crippen LogP contribution is 2.34. The number of amides is 3. The minimum atomic E-state index is -4.58. The molecular formula is C18H12ClF3N2O3. The van der Waals surface area contributed by atoms with Gasteiger partial charge < -0.3 is 5.32 Å². The molecule has 5 nitrogen and oxygen atoms in total. The molecule has 3 rings (SSSR count). The molecule has 1 aliphatic rings. The maximum absolute atomic E-state index is 12.8. The number of carbonyl (C=O) groups is 3. The van der Waals surface area contributed by atoms with Crippen molar-refractivity contribution in [1.82, 2.24) is 4.90 Å². The highest BCUT2D eigenvalue weighted by atomic mass is 35.5. The summed E-state index contributed by atoms with van der Waals surface area (Å²) in [6.07, 6.45) is -4.86. The second-order valence-electron chi connectivity index (χ2n) is 5.80. The number of anilines is 1. The van der Waals surface area contributed by atoms with Crippen LogP contribution in [-0.4, -0.2) is 29.2 Å². The topological polar surface area (TPSA) is 66.5 Å². The Kier molecular flexibility index (Phi) is 4.93. The van der Waals surface area contributed by atoms with Crippen molar-refractivity contribution in [1.29, 1.82) is 0 Å². The van der Waals surface area contributed by atoms with Crippen molar-refractivity contribution in [3.8, 4) is 0 Å². The van der Waals surface area contributed by atoms with Crippen molar-refractivity contribution in [3.63, 3.8) is 0 Å². The predicted molar refractivity (Wildman–Crippen MR) is 91.5 cm³/mol. The lowest BCUT2D eigenvalue weighted by molar-refractivity contribution is -0.137. The van der Waals surface area contributed by atoms with Gasteiger partial charge in [0.2, 0.25) is 5.91 Å². The van der Waals surface area contributed by atoms with E-state index in [2.05, 4.69) is 5.32 Å². The Bertz CT molecular complexity index is 909. The largest absolute Gasteiger partial charge is 0.416 e. The molecule has 0 fully saturated rings. The molecule has 0 spiro atoms. The van der Waals surface area contributed by atoms with Crippen LogP contribution in [0.2, 0.25) is 5.02 Å². The zero-order valence-electron chi connectivity index (χ0n) is 13.6. The lowest BCUT2D eigenvalue weighted by atomic mass is 10.1. The summed E-state index contributed by atoms with van der Waals surface area (Å²) < 4.78 is 38.3. The van der Waals surface area contributed by atoms with E-state index in [9.17, 15) is 27.6 Å². The van der Waals surface area contributed by atoms with Gasteiger partial charge in [0.05, 0.1) is 27.4 Å². The SMILES string of the molecule is O=C(CCN1C(=O)c2ccccc2C1=O)Nc1cc(C(F)(F)F)ccc1Cl. The van der Waals surface area contributed by atoms with Gasteiger partial charge in [-0.1, -0.05) is 23.7 Å². The van der Waals surface area contributed by atoms with E-state index >= 15 is 0 Å². The smallest absolute Gasteiger partial charge is 0.325 e. The fraction of sp³-hybridized carbons (Fsp3) is 0.167. The predicted octanol–water partition coefficient (Wildman–Crippen LogP) is 3.98. The normalized spacial score (nSPS) is 13.7. The van der Waals surface area contributed by atoms with Gasteiger partial charge in [-0.15, -0.1) is 0 Å². The maximum atomic E-state index is 12.8.